The summed E-state index contributed by atoms with van der Waals surface area (Å²) in [7, 11) is 0. The summed E-state index contributed by atoms with van der Waals surface area (Å²) in [5.41, 5.74) is 3.91. The van der Waals surface area contributed by atoms with Gasteiger partial charge in [0.25, 0.3) is 5.91 Å². The minimum atomic E-state index is -0.0171. The van der Waals surface area contributed by atoms with Crippen LogP contribution < -0.4 is 0 Å². The zero-order chi connectivity index (χ0) is 16.7. The molecule has 5 nitrogen and oxygen atoms in total. The van der Waals surface area contributed by atoms with Crippen LogP contribution in [0.4, 0.5) is 0 Å². The quantitative estimate of drug-likeness (QED) is 0.728. The standard InChI is InChI=1S/C19H20N4O/c1-13-8-9-15(12-14(13)2)19(24)22-11-5-6-16(22)18-21-20-17-7-3-4-10-23(17)18/h3-4,7-10,12,16H,5-6,11H2,1-2H3. The molecule has 5 heteroatoms. The normalized spacial score (nSPS) is 17.6. The number of hydrogen-bond acceptors (Lipinski definition) is 3. The van der Waals surface area contributed by atoms with E-state index in [1.807, 2.05) is 58.8 Å². The van der Waals surface area contributed by atoms with Gasteiger partial charge in [0.1, 0.15) is 0 Å². The Morgan fingerprint density at radius 2 is 2.00 bits per heavy atom. The van der Waals surface area contributed by atoms with Gasteiger partial charge in [-0.15, -0.1) is 10.2 Å². The molecule has 1 aromatic carbocycles. The number of fused-ring (bicyclic) bond motifs is 1. The first-order chi connectivity index (χ1) is 11.6. The van der Waals surface area contributed by atoms with Crippen molar-refractivity contribution in [3.05, 3.63) is 65.1 Å². The highest BCUT2D eigenvalue weighted by Gasteiger charge is 2.33. The maximum Gasteiger partial charge on any atom is 0.254 e. The van der Waals surface area contributed by atoms with Gasteiger partial charge in [-0.05, 0) is 62.1 Å². The van der Waals surface area contributed by atoms with E-state index in [1.54, 1.807) is 0 Å². The first-order valence-electron chi connectivity index (χ1n) is 8.33. The molecule has 1 amide bonds. The third-order valence-electron chi connectivity index (χ3n) is 4.91. The van der Waals surface area contributed by atoms with Crippen molar-refractivity contribution < 1.29 is 4.79 Å². The predicted molar refractivity (Wildman–Crippen MR) is 91.9 cm³/mol. The number of pyridine rings is 1. The molecule has 0 radical (unpaired) electrons. The van der Waals surface area contributed by atoms with Gasteiger partial charge < -0.3 is 4.90 Å². The molecule has 0 saturated carbocycles. The van der Waals surface area contributed by atoms with Gasteiger partial charge in [0.15, 0.2) is 11.5 Å². The molecule has 0 N–H and O–H groups in total. The lowest BCUT2D eigenvalue weighted by Crippen LogP contribution is -2.31. The van der Waals surface area contributed by atoms with Crippen LogP contribution in [0, 0.1) is 13.8 Å². The fourth-order valence-corrected chi connectivity index (χ4v) is 3.41. The average molecular weight is 320 g/mol. The van der Waals surface area contributed by atoms with Crippen LogP contribution in [0.15, 0.2) is 42.6 Å². The predicted octanol–water partition coefficient (Wildman–Crippen LogP) is 3.32. The molecule has 1 aliphatic heterocycles. The molecule has 2 aromatic heterocycles. The van der Waals surface area contributed by atoms with Crippen LogP contribution in [0.1, 0.15) is 46.2 Å². The summed E-state index contributed by atoms with van der Waals surface area (Å²) in [6.45, 7) is 4.86. The Kier molecular flexibility index (Phi) is 3.56. The summed E-state index contributed by atoms with van der Waals surface area (Å²) in [6.07, 6.45) is 3.87. The van der Waals surface area contributed by atoms with Gasteiger partial charge in [-0.25, -0.2) is 0 Å². The molecule has 3 heterocycles. The number of rotatable bonds is 2. The highest BCUT2D eigenvalue weighted by Crippen LogP contribution is 2.32. The van der Waals surface area contributed by atoms with Crippen LogP contribution in [0.3, 0.4) is 0 Å². The maximum atomic E-state index is 13.0. The van der Waals surface area contributed by atoms with E-state index in [9.17, 15) is 4.79 Å². The number of hydrogen-bond donors (Lipinski definition) is 0. The molecular formula is C19H20N4O. The summed E-state index contributed by atoms with van der Waals surface area (Å²) < 4.78 is 1.98. The second-order valence-corrected chi connectivity index (χ2v) is 6.44. The Labute approximate surface area is 140 Å². The summed E-state index contributed by atoms with van der Waals surface area (Å²) in [6, 6.07) is 11.7. The average Bonchev–Trinajstić information content (AvgIpc) is 3.22. The Morgan fingerprint density at radius 3 is 2.83 bits per heavy atom. The lowest BCUT2D eigenvalue weighted by Gasteiger charge is -2.24. The monoisotopic (exact) mass is 320 g/mol. The fraction of sp³-hybridized carbons (Fsp3) is 0.316. The first kappa shape index (κ1) is 14.9. The molecule has 4 rings (SSSR count). The van der Waals surface area contributed by atoms with Gasteiger partial charge in [-0.2, -0.15) is 0 Å². The van der Waals surface area contributed by atoms with Gasteiger partial charge in [0.05, 0.1) is 6.04 Å². The van der Waals surface area contributed by atoms with Crippen molar-refractivity contribution >= 4 is 11.6 Å². The fourth-order valence-electron chi connectivity index (χ4n) is 3.41. The number of nitrogens with zero attached hydrogens (tertiary/aromatic N) is 4. The number of carbonyl (C=O) groups excluding carboxylic acids is 1. The number of amides is 1. The highest BCUT2D eigenvalue weighted by molar-refractivity contribution is 5.95. The topological polar surface area (TPSA) is 50.5 Å². The van der Waals surface area contributed by atoms with Crippen molar-refractivity contribution in [2.75, 3.05) is 6.54 Å². The Hall–Kier alpha value is -2.69. The third kappa shape index (κ3) is 2.37. The Bertz CT molecular complexity index is 915. The van der Waals surface area contributed by atoms with E-state index < -0.39 is 0 Å². The third-order valence-corrected chi connectivity index (χ3v) is 4.91. The second-order valence-electron chi connectivity index (χ2n) is 6.44. The largest absolute Gasteiger partial charge is 0.328 e. The van der Waals surface area contributed by atoms with Crippen LogP contribution in [0.2, 0.25) is 0 Å². The van der Waals surface area contributed by atoms with E-state index in [0.29, 0.717) is 0 Å². The van der Waals surface area contributed by atoms with Crippen molar-refractivity contribution in [2.45, 2.75) is 32.7 Å². The molecular weight excluding hydrogens is 300 g/mol. The first-order valence-corrected chi connectivity index (χ1v) is 8.33. The van der Waals surface area contributed by atoms with Crippen molar-refractivity contribution in [1.29, 1.82) is 0 Å². The van der Waals surface area contributed by atoms with Gasteiger partial charge >= 0.3 is 0 Å². The van der Waals surface area contributed by atoms with Crippen LogP contribution in [0.25, 0.3) is 5.65 Å². The second kappa shape index (κ2) is 5.74. The summed E-state index contributed by atoms with van der Waals surface area (Å²) in [5.74, 6) is 0.925. The van der Waals surface area contributed by atoms with E-state index in [1.165, 1.54) is 5.56 Å². The molecule has 1 unspecified atom stereocenters. The Morgan fingerprint density at radius 1 is 1.12 bits per heavy atom. The van der Waals surface area contributed by atoms with Crippen molar-refractivity contribution in [3.63, 3.8) is 0 Å². The van der Waals surface area contributed by atoms with E-state index in [2.05, 4.69) is 17.1 Å². The Balaban J connectivity index is 1.69. The zero-order valence-corrected chi connectivity index (χ0v) is 13.9. The smallest absolute Gasteiger partial charge is 0.254 e. The summed E-state index contributed by atoms with van der Waals surface area (Å²) >= 11 is 0. The molecule has 1 fully saturated rings. The zero-order valence-electron chi connectivity index (χ0n) is 13.9. The van der Waals surface area contributed by atoms with E-state index in [0.717, 1.165) is 42.0 Å². The van der Waals surface area contributed by atoms with Crippen LogP contribution in [-0.2, 0) is 0 Å². The number of carbonyl (C=O) groups is 1. The van der Waals surface area contributed by atoms with E-state index in [-0.39, 0.29) is 11.9 Å². The minimum Gasteiger partial charge on any atom is -0.328 e. The highest BCUT2D eigenvalue weighted by atomic mass is 16.2. The number of aromatic nitrogens is 3. The minimum absolute atomic E-state index is 0.0171. The summed E-state index contributed by atoms with van der Waals surface area (Å²) in [4.78, 5) is 15.0. The van der Waals surface area contributed by atoms with Gasteiger partial charge in [0.2, 0.25) is 0 Å². The molecule has 3 aromatic rings. The lowest BCUT2D eigenvalue weighted by molar-refractivity contribution is 0.0729. The molecule has 122 valence electrons. The number of aryl methyl sites for hydroxylation is 2. The van der Waals surface area contributed by atoms with E-state index in [4.69, 9.17) is 0 Å². The van der Waals surface area contributed by atoms with Gasteiger partial charge in [-0.1, -0.05) is 12.1 Å². The van der Waals surface area contributed by atoms with Crippen molar-refractivity contribution in [1.82, 2.24) is 19.5 Å². The lowest BCUT2D eigenvalue weighted by atomic mass is 10.1. The van der Waals surface area contributed by atoms with Crippen LogP contribution in [-0.4, -0.2) is 31.9 Å². The molecule has 1 aliphatic rings. The van der Waals surface area contributed by atoms with Gasteiger partial charge in [-0.3, -0.25) is 9.20 Å². The molecule has 0 spiro atoms. The van der Waals surface area contributed by atoms with Crippen LogP contribution in [0.5, 0.6) is 0 Å². The molecule has 0 bridgehead atoms. The number of benzene rings is 1. The molecule has 24 heavy (non-hydrogen) atoms. The molecule has 0 aliphatic carbocycles. The summed E-state index contributed by atoms with van der Waals surface area (Å²) in [5, 5.41) is 8.58. The van der Waals surface area contributed by atoms with Gasteiger partial charge in [0, 0.05) is 18.3 Å². The van der Waals surface area contributed by atoms with Crippen LogP contribution >= 0.6 is 0 Å². The molecule has 1 saturated heterocycles. The SMILES string of the molecule is Cc1ccc(C(=O)N2CCCC2c2nnc3ccccn23)cc1C. The van der Waals surface area contributed by atoms with Crippen molar-refractivity contribution in [2.24, 2.45) is 0 Å². The van der Waals surface area contributed by atoms with E-state index >= 15 is 0 Å². The number of likely N-dealkylation sites (tertiary alicyclic amines) is 1. The molecule has 1 atom stereocenters. The maximum absolute atomic E-state index is 13.0. The van der Waals surface area contributed by atoms with Crippen molar-refractivity contribution in [3.8, 4) is 0 Å².